The molecule has 0 radical (unpaired) electrons. The predicted octanol–water partition coefficient (Wildman–Crippen LogP) is 4.34. The molecule has 1 heterocycles. The molecule has 6 heteroatoms. The van der Waals surface area contributed by atoms with Gasteiger partial charge in [-0.1, -0.05) is 23.7 Å². The van der Waals surface area contributed by atoms with Gasteiger partial charge in [0.15, 0.2) is 0 Å². The summed E-state index contributed by atoms with van der Waals surface area (Å²) < 4.78 is 6.11. The van der Waals surface area contributed by atoms with E-state index in [0.29, 0.717) is 21.1 Å². The molecule has 0 atom stereocenters. The number of aromatic nitrogens is 2. The number of ether oxygens (including phenoxy) is 1. The van der Waals surface area contributed by atoms with Gasteiger partial charge >= 0.3 is 0 Å². The molecule has 0 saturated carbocycles. The largest absolute Gasteiger partial charge is 0.436 e. The lowest BCUT2D eigenvalue weighted by atomic mass is 10.3. The van der Waals surface area contributed by atoms with E-state index in [0.717, 1.165) is 0 Å². The lowest BCUT2D eigenvalue weighted by molar-refractivity contribution is 0.458. The van der Waals surface area contributed by atoms with E-state index in [2.05, 4.69) is 25.9 Å². The summed E-state index contributed by atoms with van der Waals surface area (Å²) in [6, 6.07) is 7.10. The third kappa shape index (κ3) is 2.64. The third-order valence-corrected chi connectivity index (χ3v) is 2.76. The monoisotopic (exact) mass is 318 g/mol. The maximum absolute atomic E-state index is 5.95. The number of benzene rings is 1. The Hall–Kier alpha value is -0.840. The second-order valence-corrected chi connectivity index (χ2v) is 4.42. The fourth-order valence-corrected chi connectivity index (χ4v) is 1.61. The van der Waals surface area contributed by atoms with Crippen molar-refractivity contribution < 1.29 is 4.74 Å². The van der Waals surface area contributed by atoms with Crippen molar-refractivity contribution in [2.75, 3.05) is 0 Å². The Morgan fingerprint density at radius 2 is 1.94 bits per heavy atom. The van der Waals surface area contributed by atoms with Crippen LogP contribution in [0.4, 0.5) is 0 Å². The molecule has 16 heavy (non-hydrogen) atoms. The van der Waals surface area contributed by atoms with Gasteiger partial charge in [0.1, 0.15) is 5.75 Å². The minimum Gasteiger partial charge on any atom is -0.436 e. The first-order chi connectivity index (χ1) is 7.66. The quantitative estimate of drug-likeness (QED) is 0.772. The third-order valence-electron chi connectivity index (χ3n) is 1.73. The number of nitrogens with zero attached hydrogens (tertiary/aromatic N) is 2. The van der Waals surface area contributed by atoms with Gasteiger partial charge in [0.2, 0.25) is 11.2 Å². The summed E-state index contributed by atoms with van der Waals surface area (Å²) in [4.78, 5) is 7.73. The molecule has 3 nitrogen and oxygen atoms in total. The predicted molar refractivity (Wildman–Crippen MR) is 66.3 cm³/mol. The summed E-state index contributed by atoms with van der Waals surface area (Å²) in [7, 11) is 0. The number of hydrogen-bond acceptors (Lipinski definition) is 3. The highest BCUT2D eigenvalue weighted by Gasteiger charge is 2.08. The van der Waals surface area contributed by atoms with Gasteiger partial charge in [-0.05, 0) is 39.7 Å². The highest BCUT2D eigenvalue weighted by Crippen LogP contribution is 2.31. The Morgan fingerprint density at radius 1 is 1.19 bits per heavy atom. The van der Waals surface area contributed by atoms with Crippen molar-refractivity contribution in [1.82, 2.24) is 9.97 Å². The molecule has 0 amide bonds. The Bertz CT molecular complexity index is 522. The van der Waals surface area contributed by atoms with Gasteiger partial charge in [0, 0.05) is 6.20 Å². The van der Waals surface area contributed by atoms with E-state index in [1.54, 1.807) is 12.1 Å². The van der Waals surface area contributed by atoms with E-state index in [4.69, 9.17) is 27.9 Å². The highest BCUT2D eigenvalue weighted by molar-refractivity contribution is 9.10. The molecule has 0 aliphatic heterocycles. The highest BCUT2D eigenvalue weighted by atomic mass is 79.9. The van der Waals surface area contributed by atoms with Gasteiger partial charge in [-0.25, -0.2) is 4.98 Å². The first kappa shape index (κ1) is 11.6. The van der Waals surface area contributed by atoms with Crippen LogP contribution in [0.1, 0.15) is 0 Å². The Labute approximate surface area is 111 Å². The van der Waals surface area contributed by atoms with Crippen LogP contribution in [-0.4, -0.2) is 9.97 Å². The van der Waals surface area contributed by atoms with Crippen molar-refractivity contribution in [2.45, 2.75) is 0 Å². The molecule has 82 valence electrons. The van der Waals surface area contributed by atoms with Gasteiger partial charge < -0.3 is 4.74 Å². The van der Waals surface area contributed by atoms with Gasteiger partial charge in [-0.15, -0.1) is 0 Å². The van der Waals surface area contributed by atoms with Gasteiger partial charge in [-0.2, -0.15) is 4.98 Å². The molecule has 0 aliphatic carbocycles. The molecular weight excluding hydrogens is 315 g/mol. The summed E-state index contributed by atoms with van der Waals surface area (Å²) in [6.07, 6.45) is 1.52. The number of para-hydroxylation sites is 1. The molecule has 1 aromatic carbocycles. The smallest absolute Gasteiger partial charge is 0.238 e. The molecule has 2 rings (SSSR count). The summed E-state index contributed by atoms with van der Waals surface area (Å²) >= 11 is 14.9. The van der Waals surface area contributed by atoms with E-state index in [1.165, 1.54) is 6.20 Å². The number of rotatable bonds is 2. The number of hydrogen-bond donors (Lipinski definition) is 0. The molecule has 0 unspecified atom stereocenters. The van der Waals surface area contributed by atoms with Gasteiger partial charge in [0.25, 0.3) is 0 Å². The average Bonchev–Trinajstić information content (AvgIpc) is 2.27. The summed E-state index contributed by atoms with van der Waals surface area (Å²) in [5.74, 6) is 0.840. The Kier molecular flexibility index (Phi) is 3.63. The van der Waals surface area contributed by atoms with Crippen LogP contribution in [0, 0.1) is 0 Å². The zero-order valence-electron chi connectivity index (χ0n) is 7.82. The fraction of sp³-hybridized carbons (Fsp3) is 0. The molecule has 0 saturated heterocycles. The van der Waals surface area contributed by atoms with Crippen molar-refractivity contribution in [3.8, 4) is 11.6 Å². The molecule has 0 aliphatic rings. The van der Waals surface area contributed by atoms with E-state index >= 15 is 0 Å². The van der Waals surface area contributed by atoms with Crippen LogP contribution < -0.4 is 4.74 Å². The van der Waals surface area contributed by atoms with Crippen LogP contribution in [0.3, 0.4) is 0 Å². The van der Waals surface area contributed by atoms with Gasteiger partial charge in [0.05, 0.1) is 9.50 Å². The van der Waals surface area contributed by atoms with Crippen molar-refractivity contribution in [3.05, 3.63) is 45.2 Å². The van der Waals surface area contributed by atoms with Crippen molar-refractivity contribution >= 4 is 39.1 Å². The zero-order valence-corrected chi connectivity index (χ0v) is 10.9. The molecule has 0 bridgehead atoms. The van der Waals surface area contributed by atoms with E-state index in [1.807, 2.05) is 12.1 Å². The molecular formula is C10H5BrCl2N2O. The van der Waals surface area contributed by atoms with Crippen LogP contribution in [-0.2, 0) is 0 Å². The normalized spacial score (nSPS) is 10.2. The fourth-order valence-electron chi connectivity index (χ4n) is 1.03. The first-order valence-corrected chi connectivity index (χ1v) is 5.82. The minimum absolute atomic E-state index is 0.116. The van der Waals surface area contributed by atoms with E-state index in [-0.39, 0.29) is 5.28 Å². The molecule has 2 aromatic rings. The zero-order chi connectivity index (χ0) is 11.5. The minimum atomic E-state index is 0.116. The summed E-state index contributed by atoms with van der Waals surface area (Å²) in [5, 5.41) is 0.620. The van der Waals surface area contributed by atoms with E-state index in [9.17, 15) is 0 Å². The summed E-state index contributed by atoms with van der Waals surface area (Å²) in [5.41, 5.74) is 0. The first-order valence-electron chi connectivity index (χ1n) is 4.27. The van der Waals surface area contributed by atoms with Crippen molar-refractivity contribution in [3.63, 3.8) is 0 Å². The molecule has 0 spiro atoms. The topological polar surface area (TPSA) is 35.0 Å². The standard InChI is InChI=1S/C10H5BrCl2N2O/c11-6-5-14-10(13)15-9(6)16-8-4-2-1-3-7(8)12/h1-5H. The summed E-state index contributed by atoms with van der Waals surface area (Å²) in [6.45, 7) is 0. The van der Waals surface area contributed by atoms with E-state index < -0.39 is 0 Å². The van der Waals surface area contributed by atoms with Gasteiger partial charge in [-0.3, -0.25) is 0 Å². The van der Waals surface area contributed by atoms with Crippen LogP contribution in [0.15, 0.2) is 34.9 Å². The van der Waals surface area contributed by atoms with Crippen LogP contribution in [0.5, 0.6) is 11.6 Å². The molecule has 0 fully saturated rings. The lowest BCUT2D eigenvalue weighted by Crippen LogP contribution is -1.92. The average molecular weight is 320 g/mol. The van der Waals surface area contributed by atoms with Crippen LogP contribution >= 0.6 is 39.1 Å². The second kappa shape index (κ2) is 4.99. The van der Waals surface area contributed by atoms with Crippen LogP contribution in [0.2, 0.25) is 10.3 Å². The van der Waals surface area contributed by atoms with Crippen molar-refractivity contribution in [1.29, 1.82) is 0 Å². The second-order valence-electron chi connectivity index (χ2n) is 2.82. The number of halogens is 3. The Morgan fingerprint density at radius 3 is 2.69 bits per heavy atom. The molecule has 1 aromatic heterocycles. The maximum Gasteiger partial charge on any atom is 0.238 e. The maximum atomic E-state index is 5.95. The molecule has 0 N–H and O–H groups in total. The Balaban J connectivity index is 2.34. The van der Waals surface area contributed by atoms with Crippen LogP contribution in [0.25, 0.3) is 0 Å². The van der Waals surface area contributed by atoms with Crippen molar-refractivity contribution in [2.24, 2.45) is 0 Å². The lowest BCUT2D eigenvalue weighted by Gasteiger charge is -2.07. The SMILES string of the molecule is Clc1ncc(Br)c(Oc2ccccc2Cl)n1.